The Morgan fingerprint density at radius 1 is 1.29 bits per heavy atom. The third kappa shape index (κ3) is 3.65. The highest BCUT2D eigenvalue weighted by Gasteiger charge is 2.28. The molecule has 2 fully saturated rings. The van der Waals surface area contributed by atoms with Crippen LogP contribution < -0.4 is 5.32 Å². The molecule has 1 N–H and O–H groups in total. The summed E-state index contributed by atoms with van der Waals surface area (Å²) in [6.07, 6.45) is 2.44. The van der Waals surface area contributed by atoms with Crippen LogP contribution in [0.3, 0.4) is 0 Å². The first-order valence-electron chi connectivity index (χ1n) is 7.17. The van der Waals surface area contributed by atoms with E-state index >= 15 is 0 Å². The Hall–Kier alpha value is -0.470. The van der Waals surface area contributed by atoms with Gasteiger partial charge >= 0.3 is 0 Å². The molecule has 1 aromatic rings. The average molecular weight is 375 g/mol. The molecule has 116 valence electrons. The van der Waals surface area contributed by atoms with Gasteiger partial charge in [-0.3, -0.25) is 0 Å². The van der Waals surface area contributed by atoms with Gasteiger partial charge in [0, 0.05) is 30.1 Å². The van der Waals surface area contributed by atoms with Gasteiger partial charge in [-0.1, -0.05) is 6.07 Å². The summed E-state index contributed by atoms with van der Waals surface area (Å²) < 4.78 is 32.8. The van der Waals surface area contributed by atoms with Gasteiger partial charge in [-0.2, -0.15) is 4.31 Å². The molecule has 0 radical (unpaired) electrons. The smallest absolute Gasteiger partial charge is 0.244 e. The molecule has 0 aromatic heterocycles. The van der Waals surface area contributed by atoms with Gasteiger partial charge in [0.1, 0.15) is 0 Å². The van der Waals surface area contributed by atoms with Crippen molar-refractivity contribution in [3.05, 3.63) is 28.2 Å². The molecule has 0 amide bonds. The standard InChI is InChI=1S/C14H19BrN2O3S/c15-13-4-1-11(10-16-12-2-3-12)9-14(13)21(18,19)17-5-7-20-8-6-17/h1,4,9,12,16H,2-3,5-8,10H2. The molecule has 0 atom stereocenters. The van der Waals surface area contributed by atoms with Crippen LogP contribution in [0.1, 0.15) is 18.4 Å². The number of rotatable bonds is 5. The number of nitrogens with zero attached hydrogens (tertiary/aromatic N) is 1. The Balaban J connectivity index is 1.82. The molecule has 1 aromatic carbocycles. The molecule has 0 bridgehead atoms. The van der Waals surface area contributed by atoms with E-state index in [1.165, 1.54) is 17.1 Å². The van der Waals surface area contributed by atoms with E-state index in [4.69, 9.17) is 4.74 Å². The fourth-order valence-electron chi connectivity index (χ4n) is 2.33. The lowest BCUT2D eigenvalue weighted by molar-refractivity contribution is 0.0730. The second kappa shape index (κ2) is 6.34. The van der Waals surface area contributed by atoms with Crippen LogP contribution in [0.4, 0.5) is 0 Å². The maximum atomic E-state index is 12.7. The van der Waals surface area contributed by atoms with E-state index in [1.54, 1.807) is 6.07 Å². The molecule has 1 saturated heterocycles. The van der Waals surface area contributed by atoms with Crippen LogP contribution in [0.25, 0.3) is 0 Å². The maximum Gasteiger partial charge on any atom is 0.244 e. The summed E-state index contributed by atoms with van der Waals surface area (Å²) in [5, 5.41) is 3.41. The van der Waals surface area contributed by atoms with Crippen molar-refractivity contribution >= 4 is 26.0 Å². The normalized spacial score (nSPS) is 20.6. The molecule has 1 heterocycles. The Labute approximate surface area is 133 Å². The Morgan fingerprint density at radius 3 is 2.67 bits per heavy atom. The fourth-order valence-corrected chi connectivity index (χ4v) is 4.71. The van der Waals surface area contributed by atoms with E-state index in [1.807, 2.05) is 12.1 Å². The Kier molecular flexibility index (Phi) is 4.66. The van der Waals surface area contributed by atoms with Crippen molar-refractivity contribution in [1.29, 1.82) is 0 Å². The molecule has 1 aliphatic heterocycles. The van der Waals surface area contributed by atoms with Gasteiger partial charge in [0.2, 0.25) is 10.0 Å². The summed E-state index contributed by atoms with van der Waals surface area (Å²) in [5.41, 5.74) is 0.997. The third-order valence-electron chi connectivity index (χ3n) is 3.76. The van der Waals surface area contributed by atoms with Gasteiger partial charge in [-0.25, -0.2) is 8.42 Å². The highest BCUT2D eigenvalue weighted by Crippen LogP contribution is 2.27. The van der Waals surface area contributed by atoms with E-state index in [9.17, 15) is 8.42 Å². The zero-order valence-electron chi connectivity index (χ0n) is 11.7. The van der Waals surface area contributed by atoms with E-state index in [0.717, 1.165) is 5.56 Å². The maximum absolute atomic E-state index is 12.7. The topological polar surface area (TPSA) is 58.6 Å². The van der Waals surface area contributed by atoms with Crippen molar-refractivity contribution < 1.29 is 13.2 Å². The van der Waals surface area contributed by atoms with E-state index in [0.29, 0.717) is 48.3 Å². The predicted octanol–water partition coefficient (Wildman–Crippen LogP) is 1.72. The summed E-state index contributed by atoms with van der Waals surface area (Å²) >= 11 is 3.37. The molecule has 21 heavy (non-hydrogen) atoms. The fraction of sp³-hybridized carbons (Fsp3) is 0.571. The Bertz CT molecular complexity index is 611. The molecule has 5 nitrogen and oxygen atoms in total. The van der Waals surface area contributed by atoms with Crippen LogP contribution in [0.5, 0.6) is 0 Å². The summed E-state index contributed by atoms with van der Waals surface area (Å²) in [6, 6.07) is 6.15. The number of morpholine rings is 1. The Morgan fingerprint density at radius 2 is 2.00 bits per heavy atom. The number of ether oxygens (including phenoxy) is 1. The number of hydrogen-bond acceptors (Lipinski definition) is 4. The van der Waals surface area contributed by atoms with Crippen LogP contribution in [0.15, 0.2) is 27.6 Å². The lowest BCUT2D eigenvalue weighted by Gasteiger charge is -2.26. The summed E-state index contributed by atoms with van der Waals surface area (Å²) in [5.74, 6) is 0. The zero-order valence-corrected chi connectivity index (χ0v) is 14.1. The van der Waals surface area contributed by atoms with Crippen LogP contribution in [-0.2, 0) is 21.3 Å². The second-order valence-electron chi connectivity index (χ2n) is 5.44. The van der Waals surface area contributed by atoms with Crippen LogP contribution >= 0.6 is 15.9 Å². The molecule has 2 aliphatic rings. The number of benzene rings is 1. The number of nitrogens with one attached hydrogen (secondary N) is 1. The first-order chi connectivity index (χ1) is 10.1. The summed E-state index contributed by atoms with van der Waals surface area (Å²) in [6.45, 7) is 2.46. The lowest BCUT2D eigenvalue weighted by atomic mass is 10.2. The predicted molar refractivity (Wildman–Crippen MR) is 83.6 cm³/mol. The molecule has 7 heteroatoms. The van der Waals surface area contributed by atoms with Crippen molar-refractivity contribution in [2.75, 3.05) is 26.3 Å². The van der Waals surface area contributed by atoms with Crippen molar-refractivity contribution in [2.24, 2.45) is 0 Å². The largest absolute Gasteiger partial charge is 0.379 e. The van der Waals surface area contributed by atoms with Gasteiger partial charge in [-0.05, 0) is 46.5 Å². The summed E-state index contributed by atoms with van der Waals surface area (Å²) in [7, 11) is -3.46. The molecular weight excluding hydrogens is 356 g/mol. The second-order valence-corrected chi connectivity index (χ2v) is 8.20. The van der Waals surface area contributed by atoms with Gasteiger partial charge < -0.3 is 10.1 Å². The van der Waals surface area contributed by atoms with E-state index in [2.05, 4.69) is 21.2 Å². The molecule has 3 rings (SSSR count). The minimum Gasteiger partial charge on any atom is -0.379 e. The van der Waals surface area contributed by atoms with Crippen LogP contribution in [0, 0.1) is 0 Å². The monoisotopic (exact) mass is 374 g/mol. The molecular formula is C14H19BrN2O3S. The first kappa shape index (κ1) is 15.4. The third-order valence-corrected chi connectivity index (χ3v) is 6.65. The van der Waals surface area contributed by atoms with E-state index < -0.39 is 10.0 Å². The van der Waals surface area contributed by atoms with Crippen molar-refractivity contribution in [1.82, 2.24) is 9.62 Å². The SMILES string of the molecule is O=S(=O)(c1cc(CNC2CC2)ccc1Br)N1CCOCC1. The minimum atomic E-state index is -3.46. The quantitative estimate of drug-likeness (QED) is 0.852. The van der Waals surface area contributed by atoms with Gasteiger partial charge in [-0.15, -0.1) is 0 Å². The molecule has 0 spiro atoms. The van der Waals surface area contributed by atoms with Crippen molar-refractivity contribution in [2.45, 2.75) is 30.3 Å². The first-order valence-corrected chi connectivity index (χ1v) is 9.40. The van der Waals surface area contributed by atoms with Gasteiger partial charge in [0.25, 0.3) is 0 Å². The number of sulfonamides is 1. The minimum absolute atomic E-state index is 0.347. The van der Waals surface area contributed by atoms with Crippen molar-refractivity contribution in [3.8, 4) is 0 Å². The lowest BCUT2D eigenvalue weighted by Crippen LogP contribution is -2.40. The molecule has 0 unspecified atom stereocenters. The highest BCUT2D eigenvalue weighted by molar-refractivity contribution is 9.10. The van der Waals surface area contributed by atoms with Crippen LogP contribution in [0.2, 0.25) is 0 Å². The highest BCUT2D eigenvalue weighted by atomic mass is 79.9. The molecule has 1 saturated carbocycles. The number of halogens is 1. The van der Waals surface area contributed by atoms with Crippen molar-refractivity contribution in [3.63, 3.8) is 0 Å². The average Bonchev–Trinajstić information content (AvgIpc) is 3.31. The van der Waals surface area contributed by atoms with Gasteiger partial charge in [0.15, 0.2) is 0 Å². The van der Waals surface area contributed by atoms with Crippen LogP contribution in [-0.4, -0.2) is 45.1 Å². The van der Waals surface area contributed by atoms with Gasteiger partial charge in [0.05, 0.1) is 18.1 Å². The zero-order chi connectivity index (χ0) is 14.9. The summed E-state index contributed by atoms with van der Waals surface area (Å²) in [4.78, 5) is 0.347. The molecule has 1 aliphatic carbocycles. The van der Waals surface area contributed by atoms with E-state index in [-0.39, 0.29) is 0 Å². The number of hydrogen-bond donors (Lipinski definition) is 1.